The van der Waals surface area contributed by atoms with E-state index in [0.29, 0.717) is 13.0 Å². The monoisotopic (exact) mass is 543 g/mol. The van der Waals surface area contributed by atoms with Crippen LogP contribution < -0.4 is 15.4 Å². The number of hydrogen-bond donors (Lipinski definition) is 3. The number of aliphatic hydroxyl groups excluding tert-OH is 1. The number of nitrogens with one attached hydrogen (secondary N) is 2. The van der Waals surface area contributed by atoms with Crippen LogP contribution in [0.1, 0.15) is 40.0 Å². The van der Waals surface area contributed by atoms with Crippen LogP contribution in [-0.2, 0) is 24.0 Å². The van der Waals surface area contributed by atoms with E-state index in [1.165, 1.54) is 5.56 Å². The Labute approximate surface area is 227 Å². The molecule has 3 aromatic rings. The summed E-state index contributed by atoms with van der Waals surface area (Å²) in [5.41, 5.74) is 3.52. The molecule has 3 N–H and O–H groups in total. The quantitative estimate of drug-likeness (QED) is 0.218. The molecule has 4 rings (SSSR count). The minimum atomic E-state index is -0.447. The Bertz CT molecular complexity index is 1190. The van der Waals surface area contributed by atoms with Gasteiger partial charge in [-0.15, -0.1) is 0 Å². The van der Waals surface area contributed by atoms with Crippen molar-refractivity contribution in [1.29, 1.82) is 0 Å². The molecule has 2 heterocycles. The highest BCUT2D eigenvalue weighted by atomic mass is 35.5. The van der Waals surface area contributed by atoms with E-state index in [-0.39, 0.29) is 22.2 Å². The number of carbonyl (C=O) groups excluding carboxylic acids is 1. The van der Waals surface area contributed by atoms with Crippen molar-refractivity contribution < 1.29 is 19.4 Å². The van der Waals surface area contributed by atoms with Crippen molar-refractivity contribution in [2.45, 2.75) is 38.1 Å². The van der Waals surface area contributed by atoms with Crippen molar-refractivity contribution >= 4 is 34.9 Å². The Hall–Kier alpha value is -2.84. The van der Waals surface area contributed by atoms with Gasteiger partial charge in [0, 0.05) is 12.2 Å². The Kier molecular flexibility index (Phi) is 10.0. The molecule has 1 aliphatic heterocycles. The number of pyridine rings is 1. The maximum Gasteiger partial charge on any atom is 0.254 e. The average molecular weight is 544 g/mol. The van der Waals surface area contributed by atoms with Crippen LogP contribution in [0.3, 0.4) is 0 Å². The number of hydrogen-bond acceptors (Lipinski definition) is 6. The first-order valence-corrected chi connectivity index (χ1v) is 13.2. The SMILES string of the molecule is O=C(NC(COCO)Cc1cccc(OCCCc2ccc3c(n2)NCCC3)c1)c1c(Cl)cccc1Cl. The molecule has 1 amide bonds. The van der Waals surface area contributed by atoms with Crippen LogP contribution in [0, 0.1) is 0 Å². The highest BCUT2D eigenvalue weighted by molar-refractivity contribution is 6.39. The lowest BCUT2D eigenvalue weighted by atomic mass is 10.1. The Balaban J connectivity index is 1.31. The number of rotatable bonds is 12. The van der Waals surface area contributed by atoms with Crippen LogP contribution in [0.4, 0.5) is 5.82 Å². The first kappa shape index (κ1) is 27.2. The fraction of sp³-hybridized carbons (Fsp3) is 0.357. The molecule has 0 radical (unpaired) electrons. The Morgan fingerprint density at radius 1 is 1.14 bits per heavy atom. The predicted octanol–water partition coefficient (Wildman–Crippen LogP) is 5.07. The van der Waals surface area contributed by atoms with Crippen LogP contribution in [0.5, 0.6) is 5.75 Å². The van der Waals surface area contributed by atoms with Gasteiger partial charge in [-0.25, -0.2) is 4.98 Å². The van der Waals surface area contributed by atoms with E-state index in [4.69, 9.17) is 42.8 Å². The molecule has 0 fully saturated rings. The predicted molar refractivity (Wildman–Crippen MR) is 146 cm³/mol. The molecule has 0 bridgehead atoms. The van der Waals surface area contributed by atoms with Crippen molar-refractivity contribution in [3.63, 3.8) is 0 Å². The smallest absolute Gasteiger partial charge is 0.254 e. The molecule has 1 aromatic heterocycles. The van der Waals surface area contributed by atoms with Crippen LogP contribution in [-0.4, -0.2) is 48.6 Å². The molecular weight excluding hydrogens is 513 g/mol. The fourth-order valence-corrected chi connectivity index (χ4v) is 4.89. The molecule has 9 heteroatoms. The van der Waals surface area contributed by atoms with Gasteiger partial charge in [0.1, 0.15) is 18.4 Å². The van der Waals surface area contributed by atoms with E-state index in [9.17, 15) is 4.79 Å². The number of carbonyl (C=O) groups is 1. The van der Waals surface area contributed by atoms with Gasteiger partial charge in [-0.2, -0.15) is 0 Å². The van der Waals surface area contributed by atoms with Crippen molar-refractivity contribution in [1.82, 2.24) is 10.3 Å². The zero-order chi connectivity index (χ0) is 26.0. The number of nitrogens with zero attached hydrogens (tertiary/aromatic N) is 1. The van der Waals surface area contributed by atoms with E-state index >= 15 is 0 Å². The van der Waals surface area contributed by atoms with E-state index in [0.717, 1.165) is 55.1 Å². The number of anilines is 1. The molecule has 0 spiro atoms. The van der Waals surface area contributed by atoms with Gasteiger partial charge in [0.25, 0.3) is 5.91 Å². The topological polar surface area (TPSA) is 92.7 Å². The third-order valence-electron chi connectivity index (χ3n) is 6.11. The number of amides is 1. The summed E-state index contributed by atoms with van der Waals surface area (Å²) in [5.74, 6) is 1.36. The van der Waals surface area contributed by atoms with Crippen molar-refractivity contribution in [2.24, 2.45) is 0 Å². The Morgan fingerprint density at radius 2 is 1.95 bits per heavy atom. The summed E-state index contributed by atoms with van der Waals surface area (Å²) in [7, 11) is 0. The normalized spacial score (nSPS) is 13.4. The maximum absolute atomic E-state index is 12.9. The maximum atomic E-state index is 12.9. The van der Waals surface area contributed by atoms with Gasteiger partial charge in [-0.3, -0.25) is 4.79 Å². The fourth-order valence-electron chi connectivity index (χ4n) is 4.32. The molecule has 0 saturated carbocycles. The van der Waals surface area contributed by atoms with Gasteiger partial charge in [-0.1, -0.05) is 47.5 Å². The van der Waals surface area contributed by atoms with E-state index in [2.05, 4.69) is 22.8 Å². The van der Waals surface area contributed by atoms with Gasteiger partial charge in [-0.05, 0) is 73.6 Å². The molecule has 1 unspecified atom stereocenters. The van der Waals surface area contributed by atoms with Crippen LogP contribution in [0.15, 0.2) is 54.6 Å². The zero-order valence-corrected chi connectivity index (χ0v) is 22.0. The van der Waals surface area contributed by atoms with Gasteiger partial charge < -0.3 is 25.2 Å². The molecule has 1 aliphatic rings. The average Bonchev–Trinajstić information content (AvgIpc) is 2.90. The number of aliphatic hydroxyl groups is 1. The lowest BCUT2D eigenvalue weighted by molar-refractivity contribution is -0.0105. The first-order chi connectivity index (χ1) is 18.0. The second-order valence-corrected chi connectivity index (χ2v) is 9.73. The number of aryl methyl sites for hydroxylation is 2. The van der Waals surface area contributed by atoms with Gasteiger partial charge >= 0.3 is 0 Å². The summed E-state index contributed by atoms with van der Waals surface area (Å²) in [5, 5.41) is 15.9. The van der Waals surface area contributed by atoms with E-state index in [1.807, 2.05) is 24.3 Å². The molecular formula is C28H31Cl2N3O4. The summed E-state index contributed by atoms with van der Waals surface area (Å²) >= 11 is 12.4. The van der Waals surface area contributed by atoms with Crippen molar-refractivity contribution in [3.05, 3.63) is 87.0 Å². The summed E-state index contributed by atoms with van der Waals surface area (Å²) in [6, 6.07) is 16.5. The van der Waals surface area contributed by atoms with Gasteiger partial charge in [0.15, 0.2) is 0 Å². The minimum absolute atomic E-state index is 0.123. The number of halogens is 2. The standard InChI is InChI=1S/C28H31Cl2N3O4/c29-24-9-2-10-25(30)26(24)28(35)33-22(17-36-18-34)15-19-5-1-8-23(16-19)37-14-4-7-21-12-11-20-6-3-13-31-27(20)32-21/h1-2,5,8-12,16,22,34H,3-4,6-7,13-15,17-18H2,(H,31,32)(H,33,35). The van der Waals surface area contributed by atoms with Crippen LogP contribution in [0.25, 0.3) is 0 Å². The lowest BCUT2D eigenvalue weighted by Crippen LogP contribution is -2.40. The third kappa shape index (κ3) is 7.82. The summed E-state index contributed by atoms with van der Waals surface area (Å²) in [6.07, 6.45) is 4.39. The van der Waals surface area contributed by atoms with Gasteiger partial charge in [0.2, 0.25) is 0 Å². The molecule has 7 nitrogen and oxygen atoms in total. The highest BCUT2D eigenvalue weighted by Crippen LogP contribution is 2.25. The third-order valence-corrected chi connectivity index (χ3v) is 6.74. The lowest BCUT2D eigenvalue weighted by Gasteiger charge is -2.20. The van der Waals surface area contributed by atoms with Gasteiger partial charge in [0.05, 0.1) is 34.9 Å². The highest BCUT2D eigenvalue weighted by Gasteiger charge is 2.19. The summed E-state index contributed by atoms with van der Waals surface area (Å²) in [4.78, 5) is 17.6. The van der Waals surface area contributed by atoms with E-state index < -0.39 is 18.7 Å². The number of ether oxygens (including phenoxy) is 2. The zero-order valence-electron chi connectivity index (χ0n) is 20.5. The van der Waals surface area contributed by atoms with Crippen LogP contribution in [0.2, 0.25) is 10.0 Å². The molecule has 1 atom stereocenters. The number of fused-ring (bicyclic) bond motifs is 1. The Morgan fingerprint density at radius 3 is 2.76 bits per heavy atom. The second-order valence-electron chi connectivity index (χ2n) is 8.91. The summed E-state index contributed by atoms with van der Waals surface area (Å²) in [6.45, 7) is 1.22. The molecule has 37 heavy (non-hydrogen) atoms. The summed E-state index contributed by atoms with van der Waals surface area (Å²) < 4.78 is 11.2. The minimum Gasteiger partial charge on any atom is -0.494 e. The van der Waals surface area contributed by atoms with Crippen LogP contribution >= 0.6 is 23.2 Å². The van der Waals surface area contributed by atoms with Crippen molar-refractivity contribution in [3.8, 4) is 5.75 Å². The molecule has 0 saturated heterocycles. The first-order valence-electron chi connectivity index (χ1n) is 12.4. The molecule has 2 aromatic carbocycles. The number of aromatic nitrogens is 1. The van der Waals surface area contributed by atoms with E-state index in [1.54, 1.807) is 18.2 Å². The molecule has 0 aliphatic carbocycles. The second kappa shape index (κ2) is 13.6. The molecule has 196 valence electrons. The number of benzene rings is 2. The van der Waals surface area contributed by atoms with Crippen molar-refractivity contribution in [2.75, 3.05) is 31.9 Å². The largest absolute Gasteiger partial charge is 0.494 e.